The molecule has 2 aliphatic heterocycles. The molecule has 0 atom stereocenters. The Morgan fingerprint density at radius 3 is 2.42 bits per heavy atom. The third kappa shape index (κ3) is 5.75. The van der Waals surface area contributed by atoms with Crippen molar-refractivity contribution in [3.63, 3.8) is 0 Å². The SMILES string of the molecule is O=C(N1CCc2ccc(S(=O)(=O)N3CCN(CCOCCO)CC3)cc2C1)C(F)(F)F. The normalized spacial score (nSPS) is 18.8. The highest BCUT2D eigenvalue weighted by Gasteiger charge is 2.43. The van der Waals surface area contributed by atoms with Crippen LogP contribution in [-0.2, 0) is 32.5 Å². The number of fused-ring (bicyclic) bond motifs is 1. The number of rotatable bonds is 7. The van der Waals surface area contributed by atoms with Crippen LogP contribution in [0.15, 0.2) is 23.1 Å². The fraction of sp³-hybridized carbons (Fsp3) is 0.632. The minimum Gasteiger partial charge on any atom is -0.394 e. The molecule has 1 amide bonds. The van der Waals surface area contributed by atoms with Crippen molar-refractivity contribution in [1.29, 1.82) is 0 Å². The van der Waals surface area contributed by atoms with Gasteiger partial charge in [-0.1, -0.05) is 6.07 Å². The minimum absolute atomic E-state index is 0.0206. The summed E-state index contributed by atoms with van der Waals surface area (Å²) in [5, 5.41) is 8.71. The number of sulfonamides is 1. The standard InChI is InChI=1S/C19H26F3N3O5S/c20-19(21,22)18(27)24-4-3-15-1-2-17(13-16(15)14-24)31(28,29)25-7-5-23(6-8-25)9-11-30-12-10-26/h1-2,13,26H,3-12,14H2. The van der Waals surface area contributed by atoms with E-state index in [0.29, 0.717) is 36.7 Å². The third-order valence-electron chi connectivity index (χ3n) is 5.48. The van der Waals surface area contributed by atoms with Gasteiger partial charge in [0.1, 0.15) is 0 Å². The Morgan fingerprint density at radius 2 is 1.77 bits per heavy atom. The van der Waals surface area contributed by atoms with Crippen LogP contribution in [-0.4, -0.2) is 98.8 Å². The summed E-state index contributed by atoms with van der Waals surface area (Å²) in [6, 6.07) is 4.48. The van der Waals surface area contributed by atoms with Crippen molar-refractivity contribution in [2.24, 2.45) is 0 Å². The van der Waals surface area contributed by atoms with Crippen molar-refractivity contribution in [3.8, 4) is 0 Å². The number of piperazine rings is 1. The van der Waals surface area contributed by atoms with E-state index in [9.17, 15) is 26.4 Å². The van der Waals surface area contributed by atoms with Gasteiger partial charge in [0, 0.05) is 45.8 Å². The third-order valence-corrected chi connectivity index (χ3v) is 7.37. The Kier molecular flexibility index (Phi) is 7.58. The van der Waals surface area contributed by atoms with Gasteiger partial charge < -0.3 is 14.7 Å². The fourth-order valence-corrected chi connectivity index (χ4v) is 5.22. The van der Waals surface area contributed by atoms with Gasteiger partial charge in [0.25, 0.3) is 0 Å². The van der Waals surface area contributed by atoms with E-state index in [-0.39, 0.29) is 50.7 Å². The zero-order valence-corrected chi connectivity index (χ0v) is 17.8. The number of aliphatic hydroxyl groups excluding tert-OH is 1. The van der Waals surface area contributed by atoms with Crippen LogP contribution in [0.1, 0.15) is 11.1 Å². The van der Waals surface area contributed by atoms with E-state index in [0.717, 1.165) is 5.56 Å². The molecule has 2 heterocycles. The Bertz CT molecular complexity index is 886. The molecule has 1 fully saturated rings. The first-order valence-electron chi connectivity index (χ1n) is 10.0. The number of hydrogen-bond donors (Lipinski definition) is 1. The predicted molar refractivity (Wildman–Crippen MR) is 105 cm³/mol. The molecule has 1 aromatic carbocycles. The molecular formula is C19H26F3N3O5S. The number of alkyl halides is 3. The quantitative estimate of drug-likeness (QED) is 0.588. The first-order valence-corrected chi connectivity index (χ1v) is 11.5. The van der Waals surface area contributed by atoms with Crippen molar-refractivity contribution in [2.45, 2.75) is 24.0 Å². The second kappa shape index (κ2) is 9.82. The fourth-order valence-electron chi connectivity index (χ4n) is 3.75. The van der Waals surface area contributed by atoms with Gasteiger partial charge in [-0.15, -0.1) is 0 Å². The first-order chi connectivity index (χ1) is 14.6. The summed E-state index contributed by atoms with van der Waals surface area (Å²) in [5.41, 5.74) is 1.17. The molecular weight excluding hydrogens is 439 g/mol. The molecule has 0 aliphatic carbocycles. The Hall–Kier alpha value is -1.73. The highest BCUT2D eigenvalue weighted by atomic mass is 32.2. The molecule has 0 bridgehead atoms. The molecule has 0 aromatic heterocycles. The number of amides is 1. The van der Waals surface area contributed by atoms with Crippen LogP contribution in [0, 0.1) is 0 Å². The summed E-state index contributed by atoms with van der Waals surface area (Å²) >= 11 is 0. The van der Waals surface area contributed by atoms with Crippen LogP contribution in [0.4, 0.5) is 13.2 Å². The monoisotopic (exact) mass is 465 g/mol. The van der Waals surface area contributed by atoms with E-state index >= 15 is 0 Å². The molecule has 2 aliphatic rings. The van der Waals surface area contributed by atoms with Crippen LogP contribution in [0.2, 0.25) is 0 Å². The highest BCUT2D eigenvalue weighted by molar-refractivity contribution is 7.89. The number of carbonyl (C=O) groups excluding carboxylic acids is 1. The average molecular weight is 465 g/mol. The molecule has 174 valence electrons. The first kappa shape index (κ1) is 23.9. The molecule has 3 rings (SSSR count). The van der Waals surface area contributed by atoms with Gasteiger partial charge in [-0.3, -0.25) is 9.69 Å². The molecule has 8 nitrogen and oxygen atoms in total. The predicted octanol–water partition coefficient (Wildman–Crippen LogP) is 0.449. The summed E-state index contributed by atoms with van der Waals surface area (Å²) in [6.07, 6.45) is -4.71. The number of nitrogens with zero attached hydrogens (tertiary/aromatic N) is 3. The molecule has 31 heavy (non-hydrogen) atoms. The van der Waals surface area contributed by atoms with E-state index in [2.05, 4.69) is 4.90 Å². The Morgan fingerprint density at radius 1 is 1.06 bits per heavy atom. The van der Waals surface area contributed by atoms with Crippen LogP contribution in [0.3, 0.4) is 0 Å². The smallest absolute Gasteiger partial charge is 0.394 e. The lowest BCUT2D eigenvalue weighted by atomic mass is 10.00. The maximum absolute atomic E-state index is 13.0. The average Bonchev–Trinajstić information content (AvgIpc) is 2.75. The second-order valence-corrected chi connectivity index (χ2v) is 9.42. The molecule has 1 saturated heterocycles. The minimum atomic E-state index is -4.95. The van der Waals surface area contributed by atoms with E-state index in [1.165, 1.54) is 16.4 Å². The molecule has 1 aromatic rings. The molecule has 1 N–H and O–H groups in total. The molecule has 0 unspecified atom stereocenters. The second-order valence-electron chi connectivity index (χ2n) is 7.49. The zero-order valence-electron chi connectivity index (χ0n) is 17.0. The van der Waals surface area contributed by atoms with Crippen LogP contribution >= 0.6 is 0 Å². The summed E-state index contributed by atoms with van der Waals surface area (Å²) in [5.74, 6) is -1.91. The molecule has 0 spiro atoms. The topological polar surface area (TPSA) is 90.4 Å². The summed E-state index contributed by atoms with van der Waals surface area (Å²) < 4.78 is 70.9. The van der Waals surface area contributed by atoms with Gasteiger partial charge in [0.2, 0.25) is 10.0 Å². The van der Waals surface area contributed by atoms with E-state index in [1.54, 1.807) is 6.07 Å². The van der Waals surface area contributed by atoms with Gasteiger partial charge in [-0.2, -0.15) is 17.5 Å². The van der Waals surface area contributed by atoms with Crippen LogP contribution < -0.4 is 0 Å². The largest absolute Gasteiger partial charge is 0.471 e. The summed E-state index contributed by atoms with van der Waals surface area (Å²) in [7, 11) is -3.80. The number of aliphatic hydroxyl groups is 1. The van der Waals surface area contributed by atoms with Crippen molar-refractivity contribution in [2.75, 3.05) is 59.1 Å². The van der Waals surface area contributed by atoms with Crippen molar-refractivity contribution >= 4 is 15.9 Å². The van der Waals surface area contributed by atoms with Gasteiger partial charge in [0.05, 0.1) is 24.7 Å². The Labute approximate surface area is 179 Å². The maximum Gasteiger partial charge on any atom is 0.471 e. The lowest BCUT2D eigenvalue weighted by molar-refractivity contribution is -0.186. The number of halogens is 3. The summed E-state index contributed by atoms with van der Waals surface area (Å²) in [6.45, 7) is 2.62. The number of ether oxygens (including phenoxy) is 1. The molecule has 0 saturated carbocycles. The maximum atomic E-state index is 13.0. The van der Waals surface area contributed by atoms with Crippen molar-refractivity contribution in [1.82, 2.24) is 14.1 Å². The number of carbonyl (C=O) groups is 1. The van der Waals surface area contributed by atoms with Gasteiger partial charge in [-0.05, 0) is 29.7 Å². The van der Waals surface area contributed by atoms with Gasteiger partial charge >= 0.3 is 12.1 Å². The van der Waals surface area contributed by atoms with E-state index < -0.39 is 22.1 Å². The van der Waals surface area contributed by atoms with Crippen LogP contribution in [0.25, 0.3) is 0 Å². The van der Waals surface area contributed by atoms with Crippen molar-refractivity contribution < 1.29 is 36.2 Å². The highest BCUT2D eigenvalue weighted by Crippen LogP contribution is 2.28. The van der Waals surface area contributed by atoms with Gasteiger partial charge in [-0.25, -0.2) is 8.42 Å². The van der Waals surface area contributed by atoms with E-state index in [1.807, 2.05) is 0 Å². The number of benzene rings is 1. The van der Waals surface area contributed by atoms with Crippen molar-refractivity contribution in [3.05, 3.63) is 29.3 Å². The van der Waals surface area contributed by atoms with E-state index in [4.69, 9.17) is 9.84 Å². The summed E-state index contributed by atoms with van der Waals surface area (Å²) in [4.78, 5) is 14.3. The number of hydrogen-bond acceptors (Lipinski definition) is 6. The zero-order chi connectivity index (χ0) is 22.6. The van der Waals surface area contributed by atoms with Crippen LogP contribution in [0.5, 0.6) is 0 Å². The lowest BCUT2D eigenvalue weighted by Gasteiger charge is -2.34. The molecule has 0 radical (unpaired) electrons. The Balaban J connectivity index is 1.65. The van der Waals surface area contributed by atoms with Gasteiger partial charge in [0.15, 0.2) is 0 Å². The lowest BCUT2D eigenvalue weighted by Crippen LogP contribution is -2.49. The molecule has 12 heteroatoms.